The van der Waals surface area contributed by atoms with E-state index in [0.717, 1.165) is 6.08 Å². The van der Waals surface area contributed by atoms with E-state index < -0.39 is 53.9 Å². The average Bonchev–Trinajstić information content (AvgIpc) is 2.73. The van der Waals surface area contributed by atoms with Crippen LogP contribution in [0.25, 0.3) is 0 Å². The molecule has 0 aliphatic carbocycles. The van der Waals surface area contributed by atoms with E-state index in [2.05, 4.69) is 4.99 Å². The highest BCUT2D eigenvalue weighted by molar-refractivity contribution is 6.02. The first-order valence-corrected chi connectivity index (χ1v) is 7.34. The molecular formula is C15H21FN2O6. The fourth-order valence-electron chi connectivity index (χ4n) is 2.32. The largest absolute Gasteiger partial charge is 0.456 e. The predicted molar refractivity (Wildman–Crippen MR) is 81.6 cm³/mol. The molecule has 0 spiro atoms. The lowest BCUT2D eigenvalue weighted by Crippen LogP contribution is -2.39. The van der Waals surface area contributed by atoms with E-state index in [4.69, 9.17) is 19.9 Å². The molecule has 1 fully saturated rings. The zero-order valence-corrected chi connectivity index (χ0v) is 13.9. The van der Waals surface area contributed by atoms with Crippen molar-refractivity contribution in [3.63, 3.8) is 0 Å². The van der Waals surface area contributed by atoms with E-state index in [1.54, 1.807) is 6.92 Å². The van der Waals surface area contributed by atoms with Crippen LogP contribution in [0, 0.1) is 0 Å². The van der Waals surface area contributed by atoms with Gasteiger partial charge >= 0.3 is 11.9 Å². The van der Waals surface area contributed by atoms with Crippen molar-refractivity contribution in [2.75, 3.05) is 0 Å². The minimum absolute atomic E-state index is 0.308. The van der Waals surface area contributed by atoms with E-state index in [9.17, 15) is 18.8 Å². The van der Waals surface area contributed by atoms with E-state index in [1.165, 1.54) is 20.8 Å². The van der Waals surface area contributed by atoms with Crippen molar-refractivity contribution < 1.29 is 33.0 Å². The number of allylic oxidation sites excluding steroid dienone is 1. The van der Waals surface area contributed by atoms with Crippen LogP contribution >= 0.6 is 0 Å². The summed E-state index contributed by atoms with van der Waals surface area (Å²) in [7, 11) is 0. The molecule has 1 rings (SSSR count). The third kappa shape index (κ3) is 5.41. The van der Waals surface area contributed by atoms with Crippen LogP contribution < -0.4 is 5.73 Å². The second-order valence-electron chi connectivity index (χ2n) is 5.26. The summed E-state index contributed by atoms with van der Waals surface area (Å²) < 4.78 is 29.0. The summed E-state index contributed by atoms with van der Waals surface area (Å²) in [5.74, 6) is -3.30. The zero-order valence-electron chi connectivity index (χ0n) is 13.9. The number of esters is 2. The molecule has 1 amide bonds. The van der Waals surface area contributed by atoms with Crippen LogP contribution in [0.3, 0.4) is 0 Å². The molecule has 1 aliphatic rings. The van der Waals surface area contributed by atoms with Gasteiger partial charge in [-0.05, 0) is 19.9 Å². The van der Waals surface area contributed by atoms with Crippen LogP contribution in [0.2, 0.25) is 0 Å². The van der Waals surface area contributed by atoms with Crippen LogP contribution in [0.1, 0.15) is 34.1 Å². The number of rotatable bonds is 5. The molecule has 0 aromatic heterocycles. The normalized spacial score (nSPS) is 27.7. The van der Waals surface area contributed by atoms with Gasteiger partial charge in [-0.3, -0.25) is 14.4 Å². The van der Waals surface area contributed by atoms with Gasteiger partial charge < -0.3 is 19.9 Å². The van der Waals surface area contributed by atoms with Gasteiger partial charge in [0.05, 0.1) is 12.5 Å². The molecular weight excluding hydrogens is 323 g/mol. The molecule has 1 saturated heterocycles. The highest BCUT2D eigenvalue weighted by atomic mass is 19.1. The van der Waals surface area contributed by atoms with Crippen LogP contribution in [0.4, 0.5) is 4.39 Å². The van der Waals surface area contributed by atoms with Crippen LogP contribution in [0.15, 0.2) is 16.9 Å². The second kappa shape index (κ2) is 8.53. The standard InChI is InChI=1S/C15H21FN2O6/c1-5-10(16)15(17)18-12(21)6-11-14(24-9(4)20)13(7(2)22-11)23-8(3)19/h5,7,11,13-14H,6H2,1-4H3,(H2,17,18,21)/b10-5+. The number of amides is 1. The van der Waals surface area contributed by atoms with E-state index in [-0.39, 0.29) is 6.42 Å². The van der Waals surface area contributed by atoms with Crippen molar-refractivity contribution >= 4 is 23.7 Å². The van der Waals surface area contributed by atoms with Crippen molar-refractivity contribution in [3.05, 3.63) is 11.9 Å². The Kier molecular flexibility index (Phi) is 7.02. The monoisotopic (exact) mass is 344 g/mol. The Morgan fingerprint density at radius 3 is 2.25 bits per heavy atom. The third-order valence-corrected chi connectivity index (χ3v) is 3.27. The van der Waals surface area contributed by atoms with Gasteiger partial charge in [0.15, 0.2) is 23.9 Å². The number of hydrogen-bond acceptors (Lipinski definition) is 6. The van der Waals surface area contributed by atoms with Gasteiger partial charge in [-0.25, -0.2) is 4.39 Å². The summed E-state index contributed by atoms with van der Waals surface area (Å²) in [6.45, 7) is 5.42. The second-order valence-corrected chi connectivity index (χ2v) is 5.26. The molecule has 4 atom stereocenters. The molecule has 0 aromatic carbocycles. The van der Waals surface area contributed by atoms with Crippen LogP contribution in [-0.4, -0.2) is 48.1 Å². The maximum Gasteiger partial charge on any atom is 0.303 e. The number of hydrogen-bond donors (Lipinski definition) is 1. The maximum atomic E-state index is 13.2. The van der Waals surface area contributed by atoms with E-state index in [1.807, 2.05) is 0 Å². The average molecular weight is 344 g/mol. The van der Waals surface area contributed by atoms with Crippen molar-refractivity contribution in [2.45, 2.75) is 58.5 Å². The molecule has 134 valence electrons. The Morgan fingerprint density at radius 1 is 1.21 bits per heavy atom. The summed E-state index contributed by atoms with van der Waals surface area (Å²) in [6.07, 6.45) is -2.53. The first-order chi connectivity index (χ1) is 11.1. The first kappa shape index (κ1) is 19.8. The number of ether oxygens (including phenoxy) is 3. The van der Waals surface area contributed by atoms with Gasteiger partial charge in [-0.1, -0.05) is 0 Å². The summed E-state index contributed by atoms with van der Waals surface area (Å²) in [4.78, 5) is 37.8. The van der Waals surface area contributed by atoms with Gasteiger partial charge in [0, 0.05) is 13.8 Å². The van der Waals surface area contributed by atoms with Crippen LogP contribution in [-0.2, 0) is 28.6 Å². The Bertz CT molecular complexity index is 574. The summed E-state index contributed by atoms with van der Waals surface area (Å²) in [6, 6.07) is 0. The number of amidine groups is 1. The Morgan fingerprint density at radius 2 is 1.75 bits per heavy atom. The Labute approximate surface area is 138 Å². The molecule has 2 N–H and O–H groups in total. The molecule has 0 aromatic rings. The quantitative estimate of drug-likeness (QED) is 0.445. The molecule has 8 nitrogen and oxygen atoms in total. The minimum Gasteiger partial charge on any atom is -0.456 e. The number of nitrogens with zero attached hydrogens (tertiary/aromatic N) is 1. The molecule has 0 radical (unpaired) electrons. The molecule has 1 heterocycles. The van der Waals surface area contributed by atoms with Crippen molar-refractivity contribution in [1.29, 1.82) is 0 Å². The highest BCUT2D eigenvalue weighted by Crippen LogP contribution is 2.29. The number of nitrogens with two attached hydrogens (primary N) is 1. The number of halogens is 1. The van der Waals surface area contributed by atoms with Crippen molar-refractivity contribution in [2.24, 2.45) is 10.7 Å². The van der Waals surface area contributed by atoms with E-state index >= 15 is 0 Å². The molecule has 4 unspecified atom stereocenters. The lowest BCUT2D eigenvalue weighted by molar-refractivity contribution is -0.164. The van der Waals surface area contributed by atoms with Gasteiger partial charge in [-0.2, -0.15) is 4.99 Å². The predicted octanol–water partition coefficient (Wildman–Crippen LogP) is 0.784. The fraction of sp³-hybridized carbons (Fsp3) is 0.600. The maximum absolute atomic E-state index is 13.2. The smallest absolute Gasteiger partial charge is 0.303 e. The summed E-state index contributed by atoms with van der Waals surface area (Å²) in [5, 5.41) is 0. The third-order valence-electron chi connectivity index (χ3n) is 3.27. The van der Waals surface area contributed by atoms with Gasteiger partial charge in [-0.15, -0.1) is 0 Å². The molecule has 24 heavy (non-hydrogen) atoms. The van der Waals surface area contributed by atoms with Gasteiger partial charge in [0.1, 0.15) is 6.10 Å². The lowest BCUT2D eigenvalue weighted by Gasteiger charge is -2.22. The zero-order chi connectivity index (χ0) is 18.4. The number of carbonyl (C=O) groups excluding carboxylic acids is 3. The molecule has 0 saturated carbocycles. The van der Waals surface area contributed by atoms with Gasteiger partial charge in [0.2, 0.25) is 5.91 Å². The lowest BCUT2D eigenvalue weighted by atomic mass is 10.1. The number of carbonyl (C=O) groups is 3. The topological polar surface area (TPSA) is 117 Å². The summed E-state index contributed by atoms with van der Waals surface area (Å²) >= 11 is 0. The van der Waals surface area contributed by atoms with E-state index in [0.29, 0.717) is 0 Å². The van der Waals surface area contributed by atoms with Crippen molar-refractivity contribution in [3.8, 4) is 0 Å². The fourth-order valence-corrected chi connectivity index (χ4v) is 2.32. The molecule has 9 heteroatoms. The molecule has 1 aliphatic heterocycles. The SMILES string of the molecule is C/C=C(/F)C(N)=NC(=O)CC1OC(C)C(OC(C)=O)C1OC(C)=O. The van der Waals surface area contributed by atoms with Crippen LogP contribution in [0.5, 0.6) is 0 Å². The highest BCUT2D eigenvalue weighted by Gasteiger charge is 2.47. The molecule has 0 bridgehead atoms. The van der Waals surface area contributed by atoms with Gasteiger partial charge in [0.25, 0.3) is 0 Å². The Balaban J connectivity index is 2.90. The minimum atomic E-state index is -0.965. The Hall–Kier alpha value is -2.29. The first-order valence-electron chi connectivity index (χ1n) is 7.34. The van der Waals surface area contributed by atoms with Crippen molar-refractivity contribution in [1.82, 2.24) is 0 Å². The summed E-state index contributed by atoms with van der Waals surface area (Å²) in [5.41, 5.74) is 5.33. The number of aliphatic imine (C=N–C) groups is 1.